The van der Waals surface area contributed by atoms with Crippen molar-refractivity contribution in [3.63, 3.8) is 0 Å². The van der Waals surface area contributed by atoms with Crippen LogP contribution in [0.5, 0.6) is 0 Å². The summed E-state index contributed by atoms with van der Waals surface area (Å²) in [6, 6.07) is 0.841. The van der Waals surface area contributed by atoms with Gasteiger partial charge in [0.1, 0.15) is 0 Å². The van der Waals surface area contributed by atoms with Crippen LogP contribution in [0.4, 0.5) is 0 Å². The third-order valence-corrected chi connectivity index (χ3v) is 2.35. The van der Waals surface area contributed by atoms with E-state index in [1.54, 1.807) is 0 Å². The molecule has 0 saturated heterocycles. The minimum absolute atomic E-state index is 0. The van der Waals surface area contributed by atoms with Crippen molar-refractivity contribution in [2.75, 3.05) is 14.1 Å². The van der Waals surface area contributed by atoms with Crippen LogP contribution in [0.25, 0.3) is 0 Å². The number of nitrogens with one attached hydrogen (secondary N) is 2. The maximum atomic E-state index is 4.03. The molecule has 14 heavy (non-hydrogen) atoms. The van der Waals surface area contributed by atoms with Gasteiger partial charge in [0.15, 0.2) is 0 Å². The van der Waals surface area contributed by atoms with Gasteiger partial charge in [-0.05, 0) is 27.4 Å². The van der Waals surface area contributed by atoms with Crippen molar-refractivity contribution in [1.82, 2.24) is 10.6 Å². The number of rotatable bonds is 7. The summed E-state index contributed by atoms with van der Waals surface area (Å²) in [7, 11) is 3.97. The van der Waals surface area contributed by atoms with Crippen molar-refractivity contribution in [2.45, 2.75) is 44.7 Å². The van der Waals surface area contributed by atoms with Crippen molar-refractivity contribution >= 4 is 48.0 Å². The number of unbranched alkanes of at least 4 members (excludes halogenated alkanes) is 2. The monoisotopic (exact) mass is 427 g/mol. The first kappa shape index (κ1) is 20.8. The van der Waals surface area contributed by atoms with Gasteiger partial charge in [-0.2, -0.15) is 0 Å². The van der Waals surface area contributed by atoms with Crippen LogP contribution in [0.2, 0.25) is 0 Å². The highest BCUT2D eigenvalue weighted by molar-refractivity contribution is 14.0. The summed E-state index contributed by atoms with van der Waals surface area (Å²) in [5.74, 6) is 0. The molecule has 0 heterocycles. The number of halogens is 2. The van der Waals surface area contributed by atoms with E-state index in [1.165, 1.54) is 25.7 Å². The quantitative estimate of drug-likeness (QED) is 0.483. The van der Waals surface area contributed by atoms with Crippen LogP contribution in [0.15, 0.2) is 0 Å². The van der Waals surface area contributed by atoms with Gasteiger partial charge in [0.2, 0.25) is 0 Å². The molecule has 0 aliphatic heterocycles. The van der Waals surface area contributed by atoms with Gasteiger partial charge in [0.25, 0.3) is 0 Å². The third kappa shape index (κ3) is 9.92. The van der Waals surface area contributed by atoms with E-state index >= 15 is 0 Å². The number of hydrogen-bond donors (Lipinski definition) is 2. The molecular formula is C10H25I2N2. The fourth-order valence-electron chi connectivity index (χ4n) is 1.36. The summed E-state index contributed by atoms with van der Waals surface area (Å²) in [5.41, 5.74) is 0. The van der Waals surface area contributed by atoms with Gasteiger partial charge in [-0.3, -0.25) is 0 Å². The normalized spacial score (nSPS) is 13.7. The van der Waals surface area contributed by atoms with E-state index in [0.717, 1.165) is 0 Å². The second-order valence-corrected chi connectivity index (χ2v) is 3.29. The smallest absolute Gasteiger partial charge is 0.0218 e. The highest BCUT2D eigenvalue weighted by Gasteiger charge is 2.11. The molecule has 1 radical (unpaired) electrons. The van der Waals surface area contributed by atoms with Crippen LogP contribution >= 0.6 is 48.0 Å². The summed E-state index contributed by atoms with van der Waals surface area (Å²) in [4.78, 5) is 0. The predicted molar refractivity (Wildman–Crippen MR) is 86.0 cm³/mol. The van der Waals surface area contributed by atoms with Crippen molar-refractivity contribution in [3.8, 4) is 0 Å². The van der Waals surface area contributed by atoms with Gasteiger partial charge in [0, 0.05) is 12.1 Å². The van der Waals surface area contributed by atoms with Gasteiger partial charge in [-0.15, -0.1) is 48.0 Å². The Balaban J connectivity index is -0.000000605. The lowest BCUT2D eigenvalue weighted by Gasteiger charge is -2.22. The van der Waals surface area contributed by atoms with E-state index in [0.29, 0.717) is 12.1 Å². The Bertz CT molecular complexity index is 102. The molecule has 0 bridgehead atoms. The van der Waals surface area contributed by atoms with Crippen LogP contribution in [0, 0.1) is 6.92 Å². The first-order valence-electron chi connectivity index (χ1n) is 4.93. The zero-order valence-corrected chi connectivity index (χ0v) is 14.2. The molecule has 2 unspecified atom stereocenters. The summed E-state index contributed by atoms with van der Waals surface area (Å²) in [5, 5.41) is 6.46. The maximum absolute atomic E-state index is 4.03. The Morgan fingerprint density at radius 1 is 1.07 bits per heavy atom. The van der Waals surface area contributed by atoms with Gasteiger partial charge >= 0.3 is 0 Å². The second-order valence-electron chi connectivity index (χ2n) is 3.29. The van der Waals surface area contributed by atoms with Gasteiger partial charge < -0.3 is 10.6 Å². The molecule has 2 atom stereocenters. The number of likely N-dealkylation sites (N-methyl/N-ethyl adjacent to an activating group) is 2. The summed E-state index contributed by atoms with van der Waals surface area (Å²) in [6.45, 7) is 6.26. The molecule has 0 aromatic carbocycles. The number of hydrogen-bond acceptors (Lipinski definition) is 2. The van der Waals surface area contributed by atoms with Crippen LogP contribution in [-0.2, 0) is 0 Å². The summed E-state index contributed by atoms with van der Waals surface area (Å²) < 4.78 is 0. The first-order chi connectivity index (χ1) is 5.76. The highest BCUT2D eigenvalue weighted by Crippen LogP contribution is 2.05. The second kappa shape index (κ2) is 14.4. The molecule has 2 nitrogen and oxygen atoms in total. The van der Waals surface area contributed by atoms with Crippen LogP contribution in [0.3, 0.4) is 0 Å². The third-order valence-electron chi connectivity index (χ3n) is 2.35. The van der Waals surface area contributed by atoms with E-state index in [-0.39, 0.29) is 48.0 Å². The largest absolute Gasteiger partial charge is 0.315 e. The molecule has 4 heteroatoms. The molecule has 0 aliphatic rings. The molecule has 0 saturated carbocycles. The highest BCUT2D eigenvalue weighted by atomic mass is 127. The molecule has 0 rings (SSSR count). The minimum Gasteiger partial charge on any atom is -0.315 e. The van der Waals surface area contributed by atoms with E-state index in [9.17, 15) is 0 Å². The fraction of sp³-hybridized carbons (Fsp3) is 0.900. The first-order valence-corrected chi connectivity index (χ1v) is 4.93. The predicted octanol–water partition coefficient (Wildman–Crippen LogP) is 2.81. The molecule has 2 N–H and O–H groups in total. The van der Waals surface area contributed by atoms with Crippen molar-refractivity contribution < 1.29 is 0 Å². The Morgan fingerprint density at radius 2 is 1.64 bits per heavy atom. The Hall–Kier alpha value is 1.38. The van der Waals surface area contributed by atoms with E-state index < -0.39 is 0 Å². The molecule has 0 aliphatic carbocycles. The van der Waals surface area contributed by atoms with Crippen molar-refractivity contribution in [2.24, 2.45) is 0 Å². The topological polar surface area (TPSA) is 24.1 Å². The molecule has 0 spiro atoms. The zero-order chi connectivity index (χ0) is 9.40. The fourth-order valence-corrected chi connectivity index (χ4v) is 1.36. The average molecular weight is 427 g/mol. The zero-order valence-electron chi connectivity index (χ0n) is 9.51. The van der Waals surface area contributed by atoms with Crippen LogP contribution < -0.4 is 10.6 Å². The Morgan fingerprint density at radius 3 is 2.00 bits per heavy atom. The average Bonchev–Trinajstić information content (AvgIpc) is 2.11. The molecule has 0 fully saturated rings. The lowest BCUT2D eigenvalue weighted by Crippen LogP contribution is -2.43. The summed E-state index contributed by atoms with van der Waals surface area (Å²) >= 11 is 0. The SMILES string of the molecule is I.I.[CH2]C(NC)C(CCCCC)NC. The molecule has 0 aromatic rings. The maximum Gasteiger partial charge on any atom is 0.0218 e. The molecule has 0 amide bonds. The minimum atomic E-state index is 0. The Labute approximate surface area is 123 Å². The standard InChI is InChI=1S/C10H23N2.2HI/c1-5-6-7-8-10(12-4)9(2)11-3;;/h9-12H,2,5-8H2,1,3-4H3;2*1H. The van der Waals surface area contributed by atoms with Gasteiger partial charge in [-0.1, -0.05) is 26.2 Å². The van der Waals surface area contributed by atoms with Crippen molar-refractivity contribution in [1.29, 1.82) is 0 Å². The van der Waals surface area contributed by atoms with E-state index in [1.807, 2.05) is 14.1 Å². The Kier molecular flexibility index (Phi) is 21.3. The molecule has 0 aromatic heterocycles. The van der Waals surface area contributed by atoms with Crippen LogP contribution in [-0.4, -0.2) is 26.2 Å². The van der Waals surface area contributed by atoms with E-state index in [4.69, 9.17) is 0 Å². The molecule has 89 valence electrons. The lowest BCUT2D eigenvalue weighted by molar-refractivity contribution is 0.419. The summed E-state index contributed by atoms with van der Waals surface area (Å²) in [6.07, 6.45) is 5.14. The van der Waals surface area contributed by atoms with Crippen molar-refractivity contribution in [3.05, 3.63) is 6.92 Å². The van der Waals surface area contributed by atoms with Gasteiger partial charge in [-0.25, -0.2) is 0 Å². The molecular weight excluding hydrogens is 402 g/mol. The van der Waals surface area contributed by atoms with Crippen LogP contribution in [0.1, 0.15) is 32.6 Å². The van der Waals surface area contributed by atoms with E-state index in [2.05, 4.69) is 24.5 Å². The van der Waals surface area contributed by atoms with Gasteiger partial charge in [0.05, 0.1) is 0 Å². The lowest BCUT2D eigenvalue weighted by atomic mass is 10.0.